The van der Waals surface area contributed by atoms with Gasteiger partial charge in [0.25, 0.3) is 0 Å². The number of aromatic nitrogens is 4. The SMILES string of the molecule is c1cc(NCc2ccc[nH]2)cc(-n2cnnc2)c1. The van der Waals surface area contributed by atoms with Crippen molar-refractivity contribution in [2.24, 2.45) is 0 Å². The van der Waals surface area contributed by atoms with Crippen molar-refractivity contribution < 1.29 is 0 Å². The third-order valence-corrected chi connectivity index (χ3v) is 2.71. The molecule has 0 radical (unpaired) electrons. The summed E-state index contributed by atoms with van der Waals surface area (Å²) >= 11 is 0. The number of benzene rings is 1. The van der Waals surface area contributed by atoms with Gasteiger partial charge in [0.2, 0.25) is 0 Å². The Bertz CT molecular complexity index is 598. The maximum absolute atomic E-state index is 3.80. The number of nitrogens with one attached hydrogen (secondary N) is 2. The second-order valence-electron chi connectivity index (χ2n) is 3.97. The molecule has 2 N–H and O–H groups in total. The van der Waals surface area contributed by atoms with Gasteiger partial charge >= 0.3 is 0 Å². The Kier molecular flexibility index (Phi) is 2.79. The summed E-state index contributed by atoms with van der Waals surface area (Å²) in [5, 5.41) is 11.0. The highest BCUT2D eigenvalue weighted by molar-refractivity contribution is 5.51. The number of anilines is 1. The van der Waals surface area contributed by atoms with E-state index in [9.17, 15) is 0 Å². The average Bonchev–Trinajstić information content (AvgIpc) is 3.10. The molecule has 0 saturated carbocycles. The van der Waals surface area contributed by atoms with E-state index < -0.39 is 0 Å². The highest BCUT2D eigenvalue weighted by Gasteiger charge is 1.98. The molecule has 3 rings (SSSR count). The molecule has 0 unspecified atom stereocenters. The van der Waals surface area contributed by atoms with Crippen LogP contribution in [0.3, 0.4) is 0 Å². The lowest BCUT2D eigenvalue weighted by atomic mass is 10.2. The van der Waals surface area contributed by atoms with Gasteiger partial charge in [0, 0.05) is 17.6 Å². The fraction of sp³-hybridized carbons (Fsp3) is 0.0769. The maximum Gasteiger partial charge on any atom is 0.123 e. The van der Waals surface area contributed by atoms with Gasteiger partial charge in [-0.1, -0.05) is 6.07 Å². The van der Waals surface area contributed by atoms with Gasteiger partial charge < -0.3 is 10.3 Å². The van der Waals surface area contributed by atoms with Crippen molar-refractivity contribution in [3.8, 4) is 5.69 Å². The summed E-state index contributed by atoms with van der Waals surface area (Å²) in [6, 6.07) is 12.2. The maximum atomic E-state index is 3.80. The Morgan fingerprint density at radius 2 is 2.00 bits per heavy atom. The lowest BCUT2D eigenvalue weighted by Crippen LogP contribution is -2.00. The van der Waals surface area contributed by atoms with Gasteiger partial charge in [0.05, 0.1) is 12.2 Å². The Labute approximate surface area is 104 Å². The van der Waals surface area contributed by atoms with E-state index in [4.69, 9.17) is 0 Å². The van der Waals surface area contributed by atoms with Crippen LogP contribution in [0.25, 0.3) is 5.69 Å². The molecule has 0 fully saturated rings. The van der Waals surface area contributed by atoms with Gasteiger partial charge in [-0.25, -0.2) is 0 Å². The van der Waals surface area contributed by atoms with Crippen LogP contribution in [-0.2, 0) is 6.54 Å². The highest BCUT2D eigenvalue weighted by Crippen LogP contribution is 2.14. The van der Waals surface area contributed by atoms with Crippen molar-refractivity contribution >= 4 is 5.69 Å². The van der Waals surface area contributed by atoms with Crippen LogP contribution >= 0.6 is 0 Å². The van der Waals surface area contributed by atoms with Crippen molar-refractivity contribution in [3.05, 3.63) is 60.9 Å². The van der Waals surface area contributed by atoms with E-state index in [0.717, 1.165) is 23.6 Å². The summed E-state index contributed by atoms with van der Waals surface area (Å²) in [4.78, 5) is 3.16. The smallest absolute Gasteiger partial charge is 0.123 e. The van der Waals surface area contributed by atoms with Crippen LogP contribution in [0, 0.1) is 0 Å². The Morgan fingerprint density at radius 3 is 2.78 bits per heavy atom. The van der Waals surface area contributed by atoms with Crippen LogP contribution in [0.4, 0.5) is 5.69 Å². The molecule has 3 aromatic rings. The van der Waals surface area contributed by atoms with Crippen molar-refractivity contribution in [3.63, 3.8) is 0 Å². The van der Waals surface area contributed by atoms with Gasteiger partial charge in [-0.05, 0) is 30.3 Å². The Hall–Kier alpha value is -2.56. The van der Waals surface area contributed by atoms with Crippen LogP contribution in [-0.4, -0.2) is 19.7 Å². The summed E-state index contributed by atoms with van der Waals surface area (Å²) in [6.07, 6.45) is 5.29. The number of rotatable bonds is 4. The van der Waals surface area contributed by atoms with Gasteiger partial charge in [0.1, 0.15) is 12.7 Å². The zero-order valence-corrected chi connectivity index (χ0v) is 9.74. The number of hydrogen-bond acceptors (Lipinski definition) is 3. The molecule has 0 spiro atoms. The Morgan fingerprint density at radius 1 is 1.11 bits per heavy atom. The number of hydrogen-bond donors (Lipinski definition) is 2. The summed E-state index contributed by atoms with van der Waals surface area (Å²) in [5.74, 6) is 0. The molecular weight excluding hydrogens is 226 g/mol. The number of aromatic amines is 1. The third kappa shape index (κ3) is 2.24. The van der Waals surface area contributed by atoms with Crippen LogP contribution < -0.4 is 5.32 Å². The topological polar surface area (TPSA) is 58.5 Å². The number of H-pyrrole nitrogens is 1. The van der Waals surface area contributed by atoms with Crippen molar-refractivity contribution in [2.45, 2.75) is 6.54 Å². The molecule has 90 valence electrons. The van der Waals surface area contributed by atoms with Gasteiger partial charge in [-0.2, -0.15) is 0 Å². The highest BCUT2D eigenvalue weighted by atomic mass is 15.2. The standard InChI is InChI=1S/C13H13N5/c1-3-11(15-8-12-4-2-6-14-12)7-13(5-1)18-9-16-17-10-18/h1-7,9-10,14-15H,8H2. The zero-order valence-electron chi connectivity index (χ0n) is 9.74. The summed E-state index contributed by atoms with van der Waals surface area (Å²) in [7, 11) is 0. The van der Waals surface area contributed by atoms with Crippen LogP contribution in [0.15, 0.2) is 55.2 Å². The second kappa shape index (κ2) is 4.75. The first-order valence-electron chi connectivity index (χ1n) is 5.73. The fourth-order valence-corrected chi connectivity index (χ4v) is 1.79. The average molecular weight is 239 g/mol. The fourth-order valence-electron chi connectivity index (χ4n) is 1.79. The first-order chi connectivity index (χ1) is 8.92. The molecule has 0 aliphatic carbocycles. The molecule has 1 aromatic carbocycles. The van der Waals surface area contributed by atoms with Crippen molar-refractivity contribution in [1.82, 2.24) is 19.7 Å². The molecular formula is C13H13N5. The van der Waals surface area contributed by atoms with E-state index in [0.29, 0.717) is 0 Å². The molecule has 0 aliphatic heterocycles. The predicted molar refractivity (Wildman–Crippen MR) is 69.5 cm³/mol. The molecule has 0 amide bonds. The normalized spacial score (nSPS) is 10.4. The Balaban J connectivity index is 1.75. The van der Waals surface area contributed by atoms with Crippen molar-refractivity contribution in [1.29, 1.82) is 0 Å². The lowest BCUT2D eigenvalue weighted by molar-refractivity contribution is 1.04. The molecule has 0 saturated heterocycles. The lowest BCUT2D eigenvalue weighted by Gasteiger charge is -2.07. The quantitative estimate of drug-likeness (QED) is 0.733. The minimum Gasteiger partial charge on any atom is -0.379 e. The minimum absolute atomic E-state index is 0.776. The van der Waals surface area contributed by atoms with E-state index in [1.165, 1.54) is 0 Å². The van der Waals surface area contributed by atoms with Crippen LogP contribution in [0.5, 0.6) is 0 Å². The molecule has 0 aliphatic rings. The van der Waals surface area contributed by atoms with Crippen molar-refractivity contribution in [2.75, 3.05) is 5.32 Å². The molecule has 5 heteroatoms. The summed E-state index contributed by atoms with van der Waals surface area (Å²) in [6.45, 7) is 0.776. The largest absolute Gasteiger partial charge is 0.379 e. The van der Waals surface area contributed by atoms with Gasteiger partial charge in [0.15, 0.2) is 0 Å². The van der Waals surface area contributed by atoms with Gasteiger partial charge in [-0.3, -0.25) is 4.57 Å². The summed E-state index contributed by atoms with van der Waals surface area (Å²) in [5.41, 5.74) is 3.26. The molecule has 18 heavy (non-hydrogen) atoms. The second-order valence-corrected chi connectivity index (χ2v) is 3.97. The number of nitrogens with zero attached hydrogens (tertiary/aromatic N) is 3. The van der Waals surface area contributed by atoms with E-state index >= 15 is 0 Å². The van der Waals surface area contributed by atoms with E-state index in [-0.39, 0.29) is 0 Å². The van der Waals surface area contributed by atoms with E-state index in [1.807, 2.05) is 35.0 Å². The van der Waals surface area contributed by atoms with E-state index in [1.54, 1.807) is 12.7 Å². The van der Waals surface area contributed by atoms with Crippen LogP contribution in [0.2, 0.25) is 0 Å². The minimum atomic E-state index is 0.776. The van der Waals surface area contributed by atoms with Crippen LogP contribution in [0.1, 0.15) is 5.69 Å². The first kappa shape index (κ1) is 10.6. The molecule has 5 nitrogen and oxygen atoms in total. The molecule has 0 atom stereocenters. The van der Waals surface area contributed by atoms with E-state index in [2.05, 4.69) is 32.6 Å². The first-order valence-corrected chi connectivity index (χ1v) is 5.73. The van der Waals surface area contributed by atoms with Gasteiger partial charge in [-0.15, -0.1) is 10.2 Å². The molecule has 0 bridgehead atoms. The monoisotopic (exact) mass is 239 g/mol. The molecule has 2 heterocycles. The molecule has 2 aromatic heterocycles. The summed E-state index contributed by atoms with van der Waals surface area (Å²) < 4.78 is 1.87. The zero-order chi connectivity index (χ0) is 12.2. The predicted octanol–water partition coefficient (Wildman–Crippen LogP) is 2.21. The third-order valence-electron chi connectivity index (χ3n) is 2.71.